The van der Waals surface area contributed by atoms with Gasteiger partial charge in [0.1, 0.15) is 16.5 Å². The molecule has 3 aromatic rings. The molecule has 3 rings (SSSR count). The van der Waals surface area contributed by atoms with Gasteiger partial charge in [-0.3, -0.25) is 4.79 Å². The summed E-state index contributed by atoms with van der Waals surface area (Å²) < 4.78 is 21.5. The van der Waals surface area contributed by atoms with Crippen molar-refractivity contribution in [3.05, 3.63) is 53.5 Å². The summed E-state index contributed by atoms with van der Waals surface area (Å²) >= 11 is 1.46. The fourth-order valence-electron chi connectivity index (χ4n) is 2.63. The van der Waals surface area contributed by atoms with Crippen molar-refractivity contribution in [2.45, 2.75) is 19.8 Å². The Balaban J connectivity index is 1.61. The molecule has 0 saturated carbocycles. The number of hydrogen-bond donors (Lipinski definition) is 0. The first-order valence-corrected chi connectivity index (χ1v) is 10.1. The lowest BCUT2D eigenvalue weighted by atomic mass is 10.2. The van der Waals surface area contributed by atoms with E-state index in [1.165, 1.54) is 11.3 Å². The molecule has 0 amide bonds. The number of ether oxygens (including phenoxy) is 4. The van der Waals surface area contributed by atoms with Crippen molar-refractivity contribution >= 4 is 17.3 Å². The number of nitrogens with zero attached hydrogens (tertiary/aromatic N) is 1. The third kappa shape index (κ3) is 5.48. The highest BCUT2D eigenvalue weighted by molar-refractivity contribution is 7.13. The second-order valence-corrected chi connectivity index (χ2v) is 7.04. The van der Waals surface area contributed by atoms with Gasteiger partial charge < -0.3 is 18.9 Å². The molecular weight excluding hydrogens is 390 g/mol. The lowest BCUT2D eigenvalue weighted by molar-refractivity contribution is -0.133. The zero-order chi connectivity index (χ0) is 20.6. The molecule has 1 aromatic heterocycles. The average molecular weight is 413 g/mol. The Labute approximate surface area is 174 Å². The van der Waals surface area contributed by atoms with E-state index in [9.17, 15) is 4.79 Å². The first kappa shape index (κ1) is 20.7. The van der Waals surface area contributed by atoms with Crippen LogP contribution in [-0.2, 0) is 11.2 Å². The van der Waals surface area contributed by atoms with E-state index in [1.54, 1.807) is 38.5 Å². The second-order valence-electron chi connectivity index (χ2n) is 6.18. The van der Waals surface area contributed by atoms with E-state index in [1.807, 2.05) is 30.5 Å². The van der Waals surface area contributed by atoms with Crippen molar-refractivity contribution in [1.29, 1.82) is 0 Å². The lowest BCUT2D eigenvalue weighted by Gasteiger charge is -2.08. The van der Waals surface area contributed by atoms with Crippen LogP contribution in [0.4, 0.5) is 0 Å². The van der Waals surface area contributed by atoms with Gasteiger partial charge in [0, 0.05) is 10.9 Å². The minimum absolute atomic E-state index is 0.0951. The maximum Gasteiger partial charge on any atom is 0.317 e. The Morgan fingerprint density at radius 1 is 1.00 bits per heavy atom. The van der Waals surface area contributed by atoms with Crippen LogP contribution in [-0.4, -0.2) is 31.8 Å². The van der Waals surface area contributed by atoms with Crippen LogP contribution in [0.25, 0.3) is 10.6 Å². The second kappa shape index (κ2) is 9.93. The van der Waals surface area contributed by atoms with Crippen molar-refractivity contribution in [1.82, 2.24) is 4.98 Å². The summed E-state index contributed by atoms with van der Waals surface area (Å²) in [7, 11) is 3.18. The number of carbonyl (C=O) groups is 1. The average Bonchev–Trinajstić information content (AvgIpc) is 3.21. The molecule has 152 valence electrons. The Morgan fingerprint density at radius 2 is 1.72 bits per heavy atom. The third-order valence-electron chi connectivity index (χ3n) is 4.04. The molecule has 1 heterocycles. The van der Waals surface area contributed by atoms with Gasteiger partial charge in [0.05, 0.1) is 32.9 Å². The van der Waals surface area contributed by atoms with Gasteiger partial charge in [-0.25, -0.2) is 4.98 Å². The topological polar surface area (TPSA) is 66.9 Å². The van der Waals surface area contributed by atoms with Crippen LogP contribution in [0.2, 0.25) is 0 Å². The van der Waals surface area contributed by atoms with Gasteiger partial charge in [0.15, 0.2) is 11.5 Å². The first-order valence-electron chi connectivity index (χ1n) is 9.23. The number of aromatic nitrogens is 1. The molecular formula is C22H23NO5S. The van der Waals surface area contributed by atoms with Crippen LogP contribution in [0.15, 0.2) is 47.8 Å². The molecule has 7 heteroatoms. The molecule has 0 radical (unpaired) electrons. The number of hydrogen-bond acceptors (Lipinski definition) is 7. The largest absolute Gasteiger partial charge is 0.494 e. The van der Waals surface area contributed by atoms with Crippen molar-refractivity contribution in [2.24, 2.45) is 0 Å². The third-order valence-corrected chi connectivity index (χ3v) is 4.98. The van der Waals surface area contributed by atoms with E-state index in [0.717, 1.165) is 22.7 Å². The Morgan fingerprint density at radius 3 is 2.41 bits per heavy atom. The van der Waals surface area contributed by atoms with Gasteiger partial charge in [-0.05, 0) is 48.9 Å². The smallest absolute Gasteiger partial charge is 0.317 e. The van der Waals surface area contributed by atoms with E-state index in [4.69, 9.17) is 18.9 Å². The van der Waals surface area contributed by atoms with Gasteiger partial charge >= 0.3 is 5.97 Å². The first-order chi connectivity index (χ1) is 14.1. The maximum absolute atomic E-state index is 12.2. The van der Waals surface area contributed by atoms with Crippen LogP contribution < -0.4 is 18.9 Å². The van der Waals surface area contributed by atoms with Gasteiger partial charge in [-0.1, -0.05) is 6.92 Å². The van der Waals surface area contributed by atoms with Crippen LogP contribution >= 0.6 is 11.3 Å². The quantitative estimate of drug-likeness (QED) is 0.372. The highest BCUT2D eigenvalue weighted by Crippen LogP contribution is 2.33. The Hall–Kier alpha value is -3.06. The molecule has 29 heavy (non-hydrogen) atoms. The number of thiazole rings is 1. The number of esters is 1. The summed E-state index contributed by atoms with van der Waals surface area (Å²) in [5, 5.41) is 2.65. The summed E-state index contributed by atoms with van der Waals surface area (Å²) in [6, 6.07) is 12.6. The summed E-state index contributed by atoms with van der Waals surface area (Å²) in [4.78, 5) is 16.8. The lowest BCUT2D eigenvalue weighted by Crippen LogP contribution is -2.11. The Bertz CT molecular complexity index is 952. The van der Waals surface area contributed by atoms with E-state index in [-0.39, 0.29) is 12.4 Å². The van der Waals surface area contributed by atoms with Gasteiger partial charge in [-0.2, -0.15) is 0 Å². The molecule has 6 nitrogen and oxygen atoms in total. The zero-order valence-electron chi connectivity index (χ0n) is 16.6. The van der Waals surface area contributed by atoms with E-state index in [0.29, 0.717) is 29.5 Å². The predicted octanol–water partition coefficient (Wildman–Crippen LogP) is 4.76. The molecule has 0 spiro atoms. The minimum atomic E-state index is -0.364. The highest BCUT2D eigenvalue weighted by Gasteiger charge is 2.13. The van der Waals surface area contributed by atoms with Crippen molar-refractivity contribution in [2.75, 3.05) is 20.8 Å². The molecule has 0 aliphatic carbocycles. The van der Waals surface area contributed by atoms with E-state index in [2.05, 4.69) is 4.98 Å². The molecule has 0 unspecified atom stereocenters. The van der Waals surface area contributed by atoms with Crippen molar-refractivity contribution in [3.8, 4) is 33.6 Å². The molecule has 0 bridgehead atoms. The van der Waals surface area contributed by atoms with Crippen LogP contribution in [0.1, 0.15) is 19.0 Å². The summed E-state index contributed by atoms with van der Waals surface area (Å²) in [5.74, 6) is 2.16. The van der Waals surface area contributed by atoms with E-state index < -0.39 is 0 Å². The summed E-state index contributed by atoms with van der Waals surface area (Å²) in [5.41, 5.74) is 1.56. The van der Waals surface area contributed by atoms with Crippen LogP contribution in [0.3, 0.4) is 0 Å². The molecule has 0 fully saturated rings. The van der Waals surface area contributed by atoms with Crippen molar-refractivity contribution < 1.29 is 23.7 Å². The zero-order valence-corrected chi connectivity index (χ0v) is 17.5. The monoisotopic (exact) mass is 413 g/mol. The highest BCUT2D eigenvalue weighted by atomic mass is 32.1. The van der Waals surface area contributed by atoms with Crippen molar-refractivity contribution in [3.63, 3.8) is 0 Å². The molecule has 2 aromatic carbocycles. The fourth-order valence-corrected chi connectivity index (χ4v) is 3.45. The number of rotatable bonds is 9. The predicted molar refractivity (Wildman–Crippen MR) is 112 cm³/mol. The maximum atomic E-state index is 12.2. The summed E-state index contributed by atoms with van der Waals surface area (Å²) in [6.45, 7) is 2.70. The number of benzene rings is 2. The normalized spacial score (nSPS) is 10.4. The number of carbonyl (C=O) groups excluding carboxylic acids is 1. The number of methoxy groups -OCH3 is 2. The fraction of sp³-hybridized carbons (Fsp3) is 0.273. The van der Waals surface area contributed by atoms with Crippen LogP contribution in [0, 0.1) is 0 Å². The molecule has 0 saturated heterocycles. The molecule has 0 aliphatic heterocycles. The molecule has 0 N–H and O–H groups in total. The minimum Gasteiger partial charge on any atom is -0.494 e. The van der Waals surface area contributed by atoms with E-state index >= 15 is 0 Å². The van der Waals surface area contributed by atoms with Gasteiger partial charge in [0.25, 0.3) is 0 Å². The van der Waals surface area contributed by atoms with Gasteiger partial charge in [-0.15, -0.1) is 11.3 Å². The Kier molecular flexibility index (Phi) is 7.08. The van der Waals surface area contributed by atoms with Crippen LogP contribution in [0.5, 0.6) is 23.0 Å². The molecule has 0 aliphatic rings. The van der Waals surface area contributed by atoms with Gasteiger partial charge in [0.2, 0.25) is 0 Å². The standard InChI is InChI=1S/C22H23NO5S/c1-4-11-27-17-6-8-18(9-7-17)28-21(24)13-16-14-29-22(23-16)15-5-10-19(25-2)20(12-15)26-3/h5-10,12,14H,4,11,13H2,1-3H3. The summed E-state index contributed by atoms with van der Waals surface area (Å²) in [6.07, 6.45) is 1.04. The molecule has 0 atom stereocenters. The SMILES string of the molecule is CCCOc1ccc(OC(=O)Cc2csc(-c3ccc(OC)c(OC)c3)n2)cc1.